The lowest BCUT2D eigenvalue weighted by Crippen LogP contribution is -2.44. The van der Waals surface area contributed by atoms with E-state index < -0.39 is 23.4 Å². The SMILES string of the molecule is CCN(CCN(C(=O)OC(C)(C)C)c1cc(Cl)ccc1N)C(=O)OC(C)(C)C. The van der Waals surface area contributed by atoms with Crippen LogP contribution in [0.1, 0.15) is 48.5 Å². The van der Waals surface area contributed by atoms with Crippen LogP contribution in [0.4, 0.5) is 21.0 Å². The lowest BCUT2D eigenvalue weighted by molar-refractivity contribution is 0.0258. The van der Waals surface area contributed by atoms with E-state index >= 15 is 0 Å². The first kappa shape index (κ1) is 23.9. The first-order valence-electron chi connectivity index (χ1n) is 9.27. The zero-order chi connectivity index (χ0) is 21.7. The Balaban J connectivity index is 3.07. The van der Waals surface area contributed by atoms with E-state index in [4.69, 9.17) is 26.8 Å². The fourth-order valence-corrected chi connectivity index (χ4v) is 2.47. The molecular weight excluding hydrogens is 382 g/mol. The first-order chi connectivity index (χ1) is 12.7. The summed E-state index contributed by atoms with van der Waals surface area (Å²) < 4.78 is 10.9. The van der Waals surface area contributed by atoms with E-state index in [-0.39, 0.29) is 13.1 Å². The van der Waals surface area contributed by atoms with Crippen LogP contribution < -0.4 is 10.6 Å². The molecule has 7 nitrogen and oxygen atoms in total. The number of anilines is 2. The van der Waals surface area contributed by atoms with Crippen molar-refractivity contribution in [3.63, 3.8) is 0 Å². The highest BCUT2D eigenvalue weighted by Gasteiger charge is 2.27. The van der Waals surface area contributed by atoms with Gasteiger partial charge in [-0.2, -0.15) is 0 Å². The van der Waals surface area contributed by atoms with Gasteiger partial charge >= 0.3 is 12.2 Å². The predicted octanol–water partition coefficient (Wildman–Crippen LogP) is 4.92. The third kappa shape index (κ3) is 7.84. The first-order valence-corrected chi connectivity index (χ1v) is 9.65. The van der Waals surface area contributed by atoms with Crippen molar-refractivity contribution in [2.45, 2.75) is 59.7 Å². The van der Waals surface area contributed by atoms with Gasteiger partial charge in [0.15, 0.2) is 0 Å². The van der Waals surface area contributed by atoms with Crippen molar-refractivity contribution < 1.29 is 19.1 Å². The second-order valence-electron chi connectivity index (χ2n) is 8.40. The Morgan fingerprint density at radius 1 is 1.00 bits per heavy atom. The van der Waals surface area contributed by atoms with Crippen LogP contribution in [-0.2, 0) is 9.47 Å². The molecule has 0 spiro atoms. The number of hydrogen-bond donors (Lipinski definition) is 1. The molecule has 0 fully saturated rings. The van der Waals surface area contributed by atoms with E-state index in [1.54, 1.807) is 59.7 Å². The topological polar surface area (TPSA) is 85.1 Å². The van der Waals surface area contributed by atoms with Crippen molar-refractivity contribution in [1.29, 1.82) is 0 Å². The van der Waals surface area contributed by atoms with Crippen LogP contribution in [0.3, 0.4) is 0 Å². The lowest BCUT2D eigenvalue weighted by atomic mass is 10.2. The highest BCUT2D eigenvalue weighted by atomic mass is 35.5. The monoisotopic (exact) mass is 413 g/mol. The van der Waals surface area contributed by atoms with Crippen molar-refractivity contribution in [2.24, 2.45) is 0 Å². The molecule has 2 amide bonds. The standard InChI is InChI=1S/C20H32ClN3O4/c1-8-23(17(25)27-19(2,3)4)11-12-24(18(26)28-20(5,6)7)16-13-14(21)9-10-15(16)22/h9-10,13H,8,11-12,22H2,1-7H3. The summed E-state index contributed by atoms with van der Waals surface area (Å²) in [5.41, 5.74) is 5.59. The molecule has 158 valence electrons. The van der Waals surface area contributed by atoms with Gasteiger partial charge in [-0.15, -0.1) is 0 Å². The number of benzene rings is 1. The summed E-state index contributed by atoms with van der Waals surface area (Å²) in [4.78, 5) is 28.1. The average Bonchev–Trinajstić information content (AvgIpc) is 2.50. The smallest absolute Gasteiger partial charge is 0.414 e. The van der Waals surface area contributed by atoms with E-state index in [1.165, 1.54) is 9.80 Å². The van der Waals surface area contributed by atoms with Crippen molar-refractivity contribution in [1.82, 2.24) is 4.90 Å². The fourth-order valence-electron chi connectivity index (χ4n) is 2.30. The van der Waals surface area contributed by atoms with E-state index in [2.05, 4.69) is 0 Å². The maximum absolute atomic E-state index is 12.8. The van der Waals surface area contributed by atoms with Crippen molar-refractivity contribution in [3.05, 3.63) is 23.2 Å². The normalized spacial score (nSPS) is 11.7. The Labute approximate surface area is 172 Å². The summed E-state index contributed by atoms with van der Waals surface area (Å²) in [6.07, 6.45) is -1.01. The van der Waals surface area contributed by atoms with Crippen molar-refractivity contribution in [3.8, 4) is 0 Å². The minimum Gasteiger partial charge on any atom is -0.444 e. The molecule has 0 aliphatic carbocycles. The number of carbonyl (C=O) groups excluding carboxylic acids is 2. The van der Waals surface area contributed by atoms with Gasteiger partial charge in [-0.25, -0.2) is 9.59 Å². The summed E-state index contributed by atoms with van der Waals surface area (Å²) in [5.74, 6) is 0. The van der Waals surface area contributed by atoms with E-state index in [9.17, 15) is 9.59 Å². The Hall–Kier alpha value is -2.15. The van der Waals surface area contributed by atoms with Gasteiger partial charge in [0.1, 0.15) is 11.2 Å². The Bertz CT molecular complexity index is 696. The Kier molecular flexibility index (Phi) is 7.99. The number of nitrogen functional groups attached to an aromatic ring is 1. The molecule has 2 N–H and O–H groups in total. The maximum Gasteiger partial charge on any atom is 0.414 e. The number of nitrogens with two attached hydrogens (primary N) is 1. The number of rotatable bonds is 5. The molecule has 0 aliphatic heterocycles. The highest BCUT2D eigenvalue weighted by Crippen LogP contribution is 2.28. The van der Waals surface area contributed by atoms with Gasteiger partial charge in [0.25, 0.3) is 0 Å². The quantitative estimate of drug-likeness (QED) is 0.692. The number of hydrogen-bond acceptors (Lipinski definition) is 5. The molecule has 1 aromatic carbocycles. The van der Waals surface area contributed by atoms with Crippen LogP contribution in [0, 0.1) is 0 Å². The molecule has 0 aromatic heterocycles. The maximum atomic E-state index is 12.8. The van der Waals surface area contributed by atoms with E-state index in [0.29, 0.717) is 22.9 Å². The van der Waals surface area contributed by atoms with Crippen molar-refractivity contribution >= 4 is 35.2 Å². The van der Waals surface area contributed by atoms with Gasteiger partial charge < -0.3 is 20.1 Å². The second kappa shape index (κ2) is 9.37. The third-order valence-corrected chi connectivity index (χ3v) is 3.76. The second-order valence-corrected chi connectivity index (χ2v) is 8.83. The van der Waals surface area contributed by atoms with Gasteiger partial charge in [0.2, 0.25) is 0 Å². The molecule has 28 heavy (non-hydrogen) atoms. The van der Waals surface area contributed by atoms with Crippen LogP contribution in [0.5, 0.6) is 0 Å². The van der Waals surface area contributed by atoms with E-state index in [1.807, 2.05) is 6.92 Å². The number of nitrogens with zero attached hydrogens (tertiary/aromatic N) is 2. The summed E-state index contributed by atoms with van der Waals surface area (Å²) in [6.45, 7) is 13.5. The largest absolute Gasteiger partial charge is 0.444 e. The van der Waals surface area contributed by atoms with Crippen LogP contribution in [0.15, 0.2) is 18.2 Å². The minimum atomic E-state index is -0.682. The molecule has 0 unspecified atom stereocenters. The predicted molar refractivity (Wildman–Crippen MR) is 113 cm³/mol. The number of carbonyl (C=O) groups is 2. The van der Waals surface area contributed by atoms with Crippen LogP contribution in [0.25, 0.3) is 0 Å². The zero-order valence-electron chi connectivity index (χ0n) is 17.8. The molecule has 8 heteroatoms. The van der Waals surface area contributed by atoms with Crippen LogP contribution in [-0.4, -0.2) is 47.9 Å². The minimum absolute atomic E-state index is 0.173. The number of halogens is 1. The van der Waals surface area contributed by atoms with Gasteiger partial charge in [0.05, 0.1) is 11.4 Å². The summed E-state index contributed by atoms with van der Waals surface area (Å²) in [5, 5.41) is 0.442. The van der Waals surface area contributed by atoms with Gasteiger partial charge in [0, 0.05) is 24.7 Å². The third-order valence-electron chi connectivity index (χ3n) is 3.52. The molecule has 0 saturated heterocycles. The molecule has 1 rings (SSSR count). The average molecular weight is 414 g/mol. The summed E-state index contributed by atoms with van der Waals surface area (Å²) in [7, 11) is 0. The number of ether oxygens (including phenoxy) is 2. The Morgan fingerprint density at radius 3 is 2.04 bits per heavy atom. The molecular formula is C20H32ClN3O4. The lowest BCUT2D eigenvalue weighted by Gasteiger charge is -2.31. The van der Waals surface area contributed by atoms with Crippen molar-refractivity contribution in [2.75, 3.05) is 30.3 Å². The fraction of sp³-hybridized carbons (Fsp3) is 0.600. The molecule has 0 heterocycles. The zero-order valence-corrected chi connectivity index (χ0v) is 18.6. The summed E-state index contributed by atoms with van der Waals surface area (Å²) in [6, 6.07) is 4.87. The molecule has 0 bridgehead atoms. The molecule has 0 atom stereocenters. The molecule has 0 saturated carbocycles. The molecule has 0 radical (unpaired) electrons. The number of likely N-dealkylation sites (N-methyl/N-ethyl adjacent to an activating group) is 1. The van der Waals surface area contributed by atoms with E-state index in [0.717, 1.165) is 0 Å². The highest BCUT2D eigenvalue weighted by molar-refractivity contribution is 6.31. The summed E-state index contributed by atoms with van der Waals surface area (Å²) >= 11 is 6.09. The molecule has 1 aromatic rings. The van der Waals surface area contributed by atoms with Gasteiger partial charge in [-0.05, 0) is 66.7 Å². The van der Waals surface area contributed by atoms with Gasteiger partial charge in [-0.3, -0.25) is 4.90 Å². The molecule has 0 aliphatic rings. The Morgan fingerprint density at radius 2 is 1.54 bits per heavy atom. The number of amides is 2. The van der Waals surface area contributed by atoms with Crippen LogP contribution >= 0.6 is 11.6 Å². The van der Waals surface area contributed by atoms with Crippen LogP contribution in [0.2, 0.25) is 5.02 Å². The van der Waals surface area contributed by atoms with Gasteiger partial charge in [-0.1, -0.05) is 11.6 Å².